The molecule has 0 saturated carbocycles. The SMILES string of the molecule is COc1ccc(S(=O)(=O)N2CCC[C@@H]2C(=O)Nc2c(C)n(C)n(-c3ccccc3)c2=O)cc1. The van der Waals surface area contributed by atoms with Gasteiger partial charge in [-0.05, 0) is 56.2 Å². The first-order valence-electron chi connectivity index (χ1n) is 10.6. The Bertz CT molecular complexity index is 1330. The van der Waals surface area contributed by atoms with Crippen LogP contribution in [0.1, 0.15) is 18.5 Å². The van der Waals surface area contributed by atoms with Gasteiger partial charge in [0.15, 0.2) is 0 Å². The molecule has 1 aromatic heterocycles. The van der Waals surface area contributed by atoms with Crippen LogP contribution in [-0.2, 0) is 21.9 Å². The number of rotatable bonds is 6. The van der Waals surface area contributed by atoms with Crippen molar-refractivity contribution in [3.05, 3.63) is 70.6 Å². The van der Waals surface area contributed by atoms with Gasteiger partial charge < -0.3 is 10.1 Å². The van der Waals surface area contributed by atoms with E-state index in [-0.39, 0.29) is 22.7 Å². The first-order chi connectivity index (χ1) is 15.8. The maximum absolute atomic E-state index is 13.2. The van der Waals surface area contributed by atoms with Crippen LogP contribution in [-0.4, -0.2) is 47.7 Å². The summed E-state index contributed by atoms with van der Waals surface area (Å²) in [5.74, 6) is 0.0227. The fraction of sp³-hybridized carbons (Fsp3) is 0.304. The summed E-state index contributed by atoms with van der Waals surface area (Å²) in [5, 5.41) is 2.70. The number of anilines is 1. The number of methoxy groups -OCH3 is 1. The number of aromatic nitrogens is 2. The average molecular weight is 471 g/mol. The molecule has 174 valence electrons. The number of hydrogen-bond acceptors (Lipinski definition) is 5. The monoisotopic (exact) mass is 470 g/mol. The van der Waals surface area contributed by atoms with Crippen molar-refractivity contribution in [2.45, 2.75) is 30.7 Å². The Morgan fingerprint density at radius 1 is 1.09 bits per heavy atom. The van der Waals surface area contributed by atoms with Crippen molar-refractivity contribution < 1.29 is 17.9 Å². The van der Waals surface area contributed by atoms with Crippen molar-refractivity contribution >= 4 is 21.6 Å². The van der Waals surface area contributed by atoms with Gasteiger partial charge >= 0.3 is 0 Å². The molecule has 1 aliphatic rings. The number of nitrogens with one attached hydrogen (secondary N) is 1. The van der Waals surface area contributed by atoms with Crippen LogP contribution >= 0.6 is 0 Å². The van der Waals surface area contributed by atoms with Crippen LogP contribution in [0.3, 0.4) is 0 Å². The lowest BCUT2D eigenvalue weighted by Crippen LogP contribution is -2.43. The summed E-state index contributed by atoms with van der Waals surface area (Å²) in [7, 11) is -0.655. The fourth-order valence-electron chi connectivity index (χ4n) is 4.09. The molecule has 0 bridgehead atoms. The molecule has 1 atom stereocenters. The Kier molecular flexibility index (Phi) is 6.13. The zero-order chi connectivity index (χ0) is 23.8. The van der Waals surface area contributed by atoms with Gasteiger partial charge in [0.2, 0.25) is 15.9 Å². The van der Waals surface area contributed by atoms with E-state index in [1.54, 1.807) is 42.9 Å². The summed E-state index contributed by atoms with van der Waals surface area (Å²) >= 11 is 0. The summed E-state index contributed by atoms with van der Waals surface area (Å²) in [4.78, 5) is 26.4. The summed E-state index contributed by atoms with van der Waals surface area (Å²) < 4.78 is 35.9. The lowest BCUT2D eigenvalue weighted by atomic mass is 10.2. The van der Waals surface area contributed by atoms with Gasteiger partial charge in [0, 0.05) is 13.6 Å². The molecule has 3 aromatic rings. The van der Waals surface area contributed by atoms with Crippen LogP contribution < -0.4 is 15.6 Å². The van der Waals surface area contributed by atoms with Gasteiger partial charge in [0.1, 0.15) is 17.5 Å². The van der Waals surface area contributed by atoms with E-state index in [2.05, 4.69) is 5.32 Å². The molecule has 0 unspecified atom stereocenters. The highest BCUT2D eigenvalue weighted by Crippen LogP contribution is 2.28. The van der Waals surface area contributed by atoms with Crippen LogP contribution in [0, 0.1) is 6.92 Å². The lowest BCUT2D eigenvalue weighted by Gasteiger charge is -2.23. The van der Waals surface area contributed by atoms with E-state index >= 15 is 0 Å². The van der Waals surface area contributed by atoms with Gasteiger partial charge in [-0.15, -0.1) is 0 Å². The molecule has 2 aromatic carbocycles. The van der Waals surface area contributed by atoms with Crippen molar-refractivity contribution in [1.82, 2.24) is 13.7 Å². The Morgan fingerprint density at radius 3 is 2.39 bits per heavy atom. The van der Waals surface area contributed by atoms with Gasteiger partial charge in [-0.25, -0.2) is 13.1 Å². The molecule has 0 spiro atoms. The third-order valence-corrected chi connectivity index (χ3v) is 7.90. The molecule has 9 nitrogen and oxygen atoms in total. The molecule has 4 rings (SSSR count). The molecule has 1 amide bonds. The van der Waals surface area contributed by atoms with Crippen molar-refractivity contribution in [3.63, 3.8) is 0 Å². The summed E-state index contributed by atoms with van der Waals surface area (Å²) in [5.41, 5.74) is 0.995. The van der Waals surface area contributed by atoms with Crippen molar-refractivity contribution in [2.24, 2.45) is 7.05 Å². The predicted octanol–water partition coefficient (Wildman–Crippen LogP) is 2.28. The first-order valence-corrected chi connectivity index (χ1v) is 12.0. The maximum Gasteiger partial charge on any atom is 0.295 e. The maximum atomic E-state index is 13.2. The minimum atomic E-state index is -3.89. The molecule has 1 saturated heterocycles. The van der Waals surface area contributed by atoms with Crippen LogP contribution in [0.25, 0.3) is 5.69 Å². The molecule has 1 N–H and O–H groups in total. The van der Waals surface area contributed by atoms with Gasteiger partial charge in [-0.2, -0.15) is 4.31 Å². The summed E-state index contributed by atoms with van der Waals surface area (Å²) in [6.45, 7) is 1.96. The van der Waals surface area contributed by atoms with E-state index < -0.39 is 22.0 Å². The third-order valence-electron chi connectivity index (χ3n) is 5.97. The molecule has 10 heteroatoms. The lowest BCUT2D eigenvalue weighted by molar-refractivity contribution is -0.119. The zero-order valence-corrected chi connectivity index (χ0v) is 19.5. The second kappa shape index (κ2) is 8.87. The van der Waals surface area contributed by atoms with Crippen LogP contribution in [0.2, 0.25) is 0 Å². The highest BCUT2D eigenvalue weighted by molar-refractivity contribution is 7.89. The molecular formula is C23H26N4O5S. The first kappa shape index (κ1) is 22.8. The highest BCUT2D eigenvalue weighted by atomic mass is 32.2. The van der Waals surface area contributed by atoms with Gasteiger partial charge in [0.25, 0.3) is 5.56 Å². The largest absolute Gasteiger partial charge is 0.497 e. The number of carbonyl (C=O) groups is 1. The number of ether oxygens (including phenoxy) is 1. The molecular weight excluding hydrogens is 444 g/mol. The van der Waals surface area contributed by atoms with E-state index in [1.807, 2.05) is 18.2 Å². The van der Waals surface area contributed by atoms with Gasteiger partial charge in [-0.3, -0.25) is 14.3 Å². The Labute approximate surface area is 192 Å². The second-order valence-corrected chi connectivity index (χ2v) is 9.77. The van der Waals surface area contributed by atoms with Crippen LogP contribution in [0.4, 0.5) is 5.69 Å². The molecule has 0 radical (unpaired) electrons. The smallest absolute Gasteiger partial charge is 0.295 e. The number of sulfonamides is 1. The molecule has 1 fully saturated rings. The number of benzene rings is 2. The second-order valence-electron chi connectivity index (χ2n) is 7.88. The van der Waals surface area contributed by atoms with E-state index in [0.717, 1.165) is 0 Å². The van der Waals surface area contributed by atoms with E-state index in [0.29, 0.717) is 30.0 Å². The third kappa shape index (κ3) is 4.07. The minimum Gasteiger partial charge on any atom is -0.497 e. The minimum absolute atomic E-state index is 0.0883. The van der Waals surface area contributed by atoms with Crippen molar-refractivity contribution in [1.29, 1.82) is 0 Å². The zero-order valence-electron chi connectivity index (χ0n) is 18.7. The standard InChI is InChI=1S/C23H26N4O5S/c1-16-21(23(29)27(25(16)2)17-8-5-4-6-9-17)24-22(28)20-10-7-15-26(20)33(30,31)19-13-11-18(32-3)12-14-19/h4-6,8-9,11-14,20H,7,10,15H2,1-3H3,(H,24,28)/t20-/m1/s1. The number of hydrogen-bond donors (Lipinski definition) is 1. The number of amides is 1. The summed E-state index contributed by atoms with van der Waals surface area (Å²) in [6.07, 6.45) is 0.926. The topological polar surface area (TPSA) is 103 Å². The fourth-order valence-corrected chi connectivity index (χ4v) is 5.75. The number of para-hydroxylation sites is 1. The molecule has 0 aliphatic carbocycles. The van der Waals surface area contributed by atoms with Crippen LogP contribution in [0.5, 0.6) is 5.75 Å². The van der Waals surface area contributed by atoms with Gasteiger partial charge in [0.05, 0.1) is 23.4 Å². The molecule has 1 aliphatic heterocycles. The molecule has 33 heavy (non-hydrogen) atoms. The van der Waals surface area contributed by atoms with E-state index in [9.17, 15) is 18.0 Å². The predicted molar refractivity (Wildman–Crippen MR) is 124 cm³/mol. The number of carbonyl (C=O) groups excluding carboxylic acids is 1. The quantitative estimate of drug-likeness (QED) is 0.596. The normalized spacial score (nSPS) is 16.6. The number of nitrogens with zero attached hydrogens (tertiary/aromatic N) is 3. The van der Waals surface area contributed by atoms with E-state index in [1.165, 1.54) is 28.2 Å². The highest BCUT2D eigenvalue weighted by Gasteiger charge is 2.40. The average Bonchev–Trinajstić information content (AvgIpc) is 3.40. The van der Waals surface area contributed by atoms with Crippen molar-refractivity contribution in [2.75, 3.05) is 19.0 Å². The van der Waals surface area contributed by atoms with Crippen LogP contribution in [0.15, 0.2) is 64.3 Å². The van der Waals surface area contributed by atoms with E-state index in [4.69, 9.17) is 4.74 Å². The Hall–Kier alpha value is -3.37. The Morgan fingerprint density at radius 2 is 1.76 bits per heavy atom. The Balaban J connectivity index is 1.62. The summed E-state index contributed by atoms with van der Waals surface area (Å²) in [6, 6.07) is 14.2. The van der Waals surface area contributed by atoms with Crippen molar-refractivity contribution in [3.8, 4) is 11.4 Å². The molecule has 2 heterocycles. The van der Waals surface area contributed by atoms with Gasteiger partial charge in [-0.1, -0.05) is 18.2 Å².